The molecule has 1 aliphatic heterocycles. The fraction of sp³-hybridized carbons (Fsp3) is 0.833. The van der Waals surface area contributed by atoms with Crippen molar-refractivity contribution in [3.63, 3.8) is 0 Å². The number of rotatable bonds is 5. The normalized spacial score (nSPS) is 18.1. The lowest BCUT2D eigenvalue weighted by Gasteiger charge is -2.36. The minimum atomic E-state index is -0.317. The lowest BCUT2D eigenvalue weighted by atomic mass is 9.82. The van der Waals surface area contributed by atoms with E-state index in [4.69, 9.17) is 0 Å². The van der Waals surface area contributed by atoms with Crippen molar-refractivity contribution in [2.24, 2.45) is 5.41 Å². The fourth-order valence-electron chi connectivity index (χ4n) is 2.06. The van der Waals surface area contributed by atoms with E-state index < -0.39 is 0 Å². The topological polar surface area (TPSA) is 57.6 Å². The molecule has 1 fully saturated rings. The van der Waals surface area contributed by atoms with Gasteiger partial charge in [-0.25, -0.2) is 0 Å². The standard InChI is InChI=1S/C12H21NO3/c1-3-12(4-2,9-14)8-13-10(15)6-5-7-11(13)16/h14H,3-9H2,1-2H3. The van der Waals surface area contributed by atoms with Gasteiger partial charge in [0.2, 0.25) is 11.8 Å². The average Bonchev–Trinajstić information content (AvgIpc) is 2.30. The van der Waals surface area contributed by atoms with E-state index in [1.807, 2.05) is 13.8 Å². The Bertz CT molecular complexity index is 247. The Balaban J connectivity index is 2.76. The molecule has 1 saturated heterocycles. The van der Waals surface area contributed by atoms with Crippen molar-refractivity contribution >= 4 is 11.8 Å². The van der Waals surface area contributed by atoms with Gasteiger partial charge in [-0.1, -0.05) is 13.8 Å². The van der Waals surface area contributed by atoms with Gasteiger partial charge in [-0.3, -0.25) is 14.5 Å². The van der Waals surface area contributed by atoms with Gasteiger partial charge in [0.05, 0.1) is 6.61 Å². The summed E-state index contributed by atoms with van der Waals surface area (Å²) in [7, 11) is 0. The number of hydrogen-bond acceptors (Lipinski definition) is 3. The second-order valence-electron chi connectivity index (χ2n) is 4.59. The van der Waals surface area contributed by atoms with Crippen LogP contribution in [0, 0.1) is 5.41 Å². The van der Waals surface area contributed by atoms with Crippen LogP contribution >= 0.6 is 0 Å². The minimum absolute atomic E-state index is 0.0249. The van der Waals surface area contributed by atoms with Gasteiger partial charge in [-0.2, -0.15) is 0 Å². The zero-order valence-corrected chi connectivity index (χ0v) is 10.2. The van der Waals surface area contributed by atoms with E-state index in [1.54, 1.807) is 0 Å². The monoisotopic (exact) mass is 227 g/mol. The number of carbonyl (C=O) groups excluding carboxylic acids is 2. The summed E-state index contributed by atoms with van der Waals surface area (Å²) in [6.45, 7) is 4.36. The summed E-state index contributed by atoms with van der Waals surface area (Å²) in [5, 5.41) is 9.43. The molecule has 0 atom stereocenters. The third kappa shape index (κ3) is 2.61. The van der Waals surface area contributed by atoms with Gasteiger partial charge in [0, 0.05) is 24.8 Å². The molecule has 1 rings (SSSR count). The van der Waals surface area contributed by atoms with Gasteiger partial charge in [0.1, 0.15) is 0 Å². The molecule has 4 nitrogen and oxygen atoms in total. The molecule has 0 aromatic heterocycles. The second kappa shape index (κ2) is 5.43. The molecule has 0 spiro atoms. The Hall–Kier alpha value is -0.900. The maximum atomic E-state index is 11.7. The van der Waals surface area contributed by atoms with Crippen LogP contribution in [0.3, 0.4) is 0 Å². The lowest BCUT2D eigenvalue weighted by Crippen LogP contribution is -2.47. The molecule has 0 aromatic rings. The number of likely N-dealkylation sites (tertiary alicyclic amines) is 1. The summed E-state index contributed by atoms with van der Waals surface area (Å²) < 4.78 is 0. The van der Waals surface area contributed by atoms with Crippen molar-refractivity contribution in [2.45, 2.75) is 46.0 Å². The highest BCUT2D eigenvalue weighted by molar-refractivity contribution is 5.97. The third-order valence-corrected chi connectivity index (χ3v) is 3.71. The molecule has 0 aromatic carbocycles. The quantitative estimate of drug-likeness (QED) is 0.721. The Labute approximate surface area is 96.6 Å². The van der Waals surface area contributed by atoms with E-state index >= 15 is 0 Å². The predicted molar refractivity (Wildman–Crippen MR) is 60.7 cm³/mol. The fourth-order valence-corrected chi connectivity index (χ4v) is 2.06. The van der Waals surface area contributed by atoms with Crippen LogP contribution in [0.5, 0.6) is 0 Å². The highest BCUT2D eigenvalue weighted by Crippen LogP contribution is 2.28. The first kappa shape index (κ1) is 13.2. The largest absolute Gasteiger partial charge is 0.396 e. The van der Waals surface area contributed by atoms with Crippen LogP contribution < -0.4 is 0 Å². The molecule has 4 heteroatoms. The highest BCUT2D eigenvalue weighted by atomic mass is 16.3. The summed E-state index contributed by atoms with van der Waals surface area (Å²) in [5.41, 5.74) is -0.317. The van der Waals surface area contributed by atoms with E-state index in [0.29, 0.717) is 25.8 Å². The first-order valence-electron chi connectivity index (χ1n) is 6.02. The maximum Gasteiger partial charge on any atom is 0.229 e. The molecular formula is C12H21NO3. The van der Waals surface area contributed by atoms with Crippen LogP contribution in [0.1, 0.15) is 46.0 Å². The number of nitrogens with zero attached hydrogens (tertiary/aromatic N) is 1. The summed E-state index contributed by atoms with van der Waals surface area (Å²) in [6, 6.07) is 0. The number of piperidine rings is 1. The Morgan fingerprint density at radius 3 is 2.06 bits per heavy atom. The molecule has 0 aliphatic carbocycles. The summed E-state index contributed by atoms with van der Waals surface area (Å²) >= 11 is 0. The van der Waals surface area contributed by atoms with Crippen LogP contribution in [-0.2, 0) is 9.59 Å². The molecule has 0 unspecified atom stereocenters. The van der Waals surface area contributed by atoms with Crippen molar-refractivity contribution in [1.82, 2.24) is 4.90 Å². The van der Waals surface area contributed by atoms with E-state index in [9.17, 15) is 14.7 Å². The van der Waals surface area contributed by atoms with E-state index in [2.05, 4.69) is 0 Å². The van der Waals surface area contributed by atoms with Gasteiger partial charge in [-0.05, 0) is 19.3 Å². The van der Waals surface area contributed by atoms with Gasteiger partial charge in [0.25, 0.3) is 0 Å². The van der Waals surface area contributed by atoms with Crippen LogP contribution in [0.2, 0.25) is 0 Å². The first-order valence-corrected chi connectivity index (χ1v) is 6.02. The molecule has 1 aliphatic rings. The van der Waals surface area contributed by atoms with Crippen LogP contribution in [0.15, 0.2) is 0 Å². The average molecular weight is 227 g/mol. The zero-order valence-electron chi connectivity index (χ0n) is 10.2. The zero-order chi connectivity index (χ0) is 12.2. The highest BCUT2D eigenvalue weighted by Gasteiger charge is 2.34. The van der Waals surface area contributed by atoms with Gasteiger partial charge in [-0.15, -0.1) is 0 Å². The summed E-state index contributed by atoms with van der Waals surface area (Å²) in [6.07, 6.45) is 3.13. The Kier molecular flexibility index (Phi) is 4.47. The summed E-state index contributed by atoms with van der Waals surface area (Å²) in [5.74, 6) is -0.174. The van der Waals surface area contributed by atoms with Gasteiger partial charge in [0.15, 0.2) is 0 Å². The summed E-state index contributed by atoms with van der Waals surface area (Å²) in [4.78, 5) is 24.6. The first-order chi connectivity index (χ1) is 7.58. The molecule has 1 N–H and O–H groups in total. The van der Waals surface area contributed by atoms with Crippen molar-refractivity contribution in [1.29, 1.82) is 0 Å². The lowest BCUT2D eigenvalue weighted by molar-refractivity contribution is -0.150. The van der Waals surface area contributed by atoms with Crippen molar-refractivity contribution < 1.29 is 14.7 Å². The van der Waals surface area contributed by atoms with Gasteiger partial charge < -0.3 is 5.11 Å². The number of aliphatic hydroxyl groups is 1. The number of carbonyl (C=O) groups is 2. The van der Waals surface area contributed by atoms with Crippen LogP contribution in [0.25, 0.3) is 0 Å². The number of amides is 2. The van der Waals surface area contributed by atoms with Crippen molar-refractivity contribution in [3.8, 4) is 0 Å². The third-order valence-electron chi connectivity index (χ3n) is 3.71. The molecule has 16 heavy (non-hydrogen) atoms. The minimum Gasteiger partial charge on any atom is -0.396 e. The Morgan fingerprint density at radius 2 is 1.69 bits per heavy atom. The molecular weight excluding hydrogens is 206 g/mol. The molecule has 92 valence electrons. The second-order valence-corrected chi connectivity index (χ2v) is 4.59. The van der Waals surface area contributed by atoms with Crippen molar-refractivity contribution in [2.75, 3.05) is 13.2 Å². The van der Waals surface area contributed by atoms with Crippen molar-refractivity contribution in [3.05, 3.63) is 0 Å². The SMILES string of the molecule is CCC(CC)(CO)CN1C(=O)CCCC1=O. The maximum absolute atomic E-state index is 11.7. The molecule has 0 radical (unpaired) electrons. The van der Waals surface area contributed by atoms with Gasteiger partial charge >= 0.3 is 0 Å². The molecule has 1 heterocycles. The van der Waals surface area contributed by atoms with E-state index in [0.717, 1.165) is 12.8 Å². The van der Waals surface area contributed by atoms with E-state index in [-0.39, 0.29) is 23.8 Å². The predicted octanol–water partition coefficient (Wildman–Crippen LogP) is 1.32. The van der Waals surface area contributed by atoms with Crippen LogP contribution in [-0.4, -0.2) is 35.0 Å². The van der Waals surface area contributed by atoms with Crippen LogP contribution in [0.4, 0.5) is 0 Å². The molecule has 0 saturated carbocycles. The number of hydrogen-bond donors (Lipinski definition) is 1. The molecule has 2 amide bonds. The molecule has 0 bridgehead atoms. The number of aliphatic hydroxyl groups excluding tert-OH is 1. The smallest absolute Gasteiger partial charge is 0.229 e. The Morgan fingerprint density at radius 1 is 1.19 bits per heavy atom. The number of imide groups is 1. The van der Waals surface area contributed by atoms with E-state index in [1.165, 1.54) is 4.90 Å².